The van der Waals surface area contributed by atoms with Crippen molar-refractivity contribution in [1.29, 1.82) is 0 Å². The topological polar surface area (TPSA) is 64.3 Å². The van der Waals surface area contributed by atoms with Crippen LogP contribution in [-0.2, 0) is 11.2 Å². The van der Waals surface area contributed by atoms with Gasteiger partial charge in [0.25, 0.3) is 0 Å². The predicted octanol–water partition coefficient (Wildman–Crippen LogP) is 2.40. The number of carbonyl (C=O) groups excluding carboxylic acids is 1. The van der Waals surface area contributed by atoms with Crippen molar-refractivity contribution < 1.29 is 22.7 Å². The number of ether oxygens (including phenoxy) is 1. The second-order valence-electron chi connectivity index (χ2n) is 5.13. The van der Waals surface area contributed by atoms with Gasteiger partial charge in [-0.05, 0) is 31.5 Å². The van der Waals surface area contributed by atoms with Gasteiger partial charge in [-0.1, -0.05) is 12.1 Å². The summed E-state index contributed by atoms with van der Waals surface area (Å²) in [4.78, 5) is 11.6. The fourth-order valence-corrected chi connectivity index (χ4v) is 1.38. The third kappa shape index (κ3) is 9.14. The van der Waals surface area contributed by atoms with E-state index < -0.39 is 11.9 Å². The van der Waals surface area contributed by atoms with Gasteiger partial charge in [0.1, 0.15) is 5.75 Å². The lowest BCUT2D eigenvalue weighted by Crippen LogP contribution is -2.45. The van der Waals surface area contributed by atoms with Crippen LogP contribution in [0.2, 0.25) is 0 Å². The van der Waals surface area contributed by atoms with Gasteiger partial charge in [-0.2, -0.15) is 0 Å². The summed E-state index contributed by atoms with van der Waals surface area (Å²) in [5.41, 5.74) is 5.79. The fourth-order valence-electron chi connectivity index (χ4n) is 1.38. The third-order valence-electron chi connectivity index (χ3n) is 2.26. The molecule has 120 valence electrons. The van der Waals surface area contributed by atoms with E-state index in [4.69, 9.17) is 5.73 Å². The lowest BCUT2D eigenvalue weighted by Gasteiger charge is -2.18. The van der Waals surface area contributed by atoms with E-state index in [-0.39, 0.29) is 30.5 Å². The van der Waals surface area contributed by atoms with Crippen LogP contribution in [-0.4, -0.2) is 24.4 Å². The maximum atomic E-state index is 12.0. The minimum Gasteiger partial charge on any atom is -0.406 e. The van der Waals surface area contributed by atoms with Gasteiger partial charge in [0.15, 0.2) is 0 Å². The molecule has 0 atom stereocenters. The first kappa shape index (κ1) is 19.5. The first-order valence-corrected chi connectivity index (χ1v) is 5.95. The molecule has 0 saturated carbocycles. The highest BCUT2D eigenvalue weighted by atomic mass is 35.5. The van der Waals surface area contributed by atoms with Crippen molar-refractivity contribution in [2.24, 2.45) is 5.73 Å². The highest BCUT2D eigenvalue weighted by Crippen LogP contribution is 2.22. The SMILES string of the molecule is CC(C)(N)CNC(=O)Cc1ccc(OC(F)(F)F)cc1.Cl. The molecule has 0 spiro atoms. The Bertz CT molecular complexity index is 456. The zero-order chi connectivity index (χ0) is 15.4. The molecule has 0 unspecified atom stereocenters. The van der Waals surface area contributed by atoms with E-state index >= 15 is 0 Å². The molecule has 0 fully saturated rings. The number of amides is 1. The van der Waals surface area contributed by atoms with Gasteiger partial charge < -0.3 is 15.8 Å². The van der Waals surface area contributed by atoms with Crippen LogP contribution in [0.15, 0.2) is 24.3 Å². The first-order valence-electron chi connectivity index (χ1n) is 5.95. The van der Waals surface area contributed by atoms with Crippen LogP contribution in [0, 0.1) is 0 Å². The molecule has 1 rings (SSSR count). The number of hydrogen-bond donors (Lipinski definition) is 2. The first-order chi connectivity index (χ1) is 9.05. The zero-order valence-electron chi connectivity index (χ0n) is 11.7. The minimum atomic E-state index is -4.72. The van der Waals surface area contributed by atoms with E-state index in [9.17, 15) is 18.0 Å². The minimum absolute atomic E-state index is 0. The van der Waals surface area contributed by atoms with E-state index in [1.807, 2.05) is 0 Å². The van der Waals surface area contributed by atoms with Crippen LogP contribution < -0.4 is 15.8 Å². The number of nitrogens with one attached hydrogen (secondary N) is 1. The summed E-state index contributed by atoms with van der Waals surface area (Å²) in [7, 11) is 0. The number of alkyl halides is 3. The van der Waals surface area contributed by atoms with Gasteiger partial charge in [0, 0.05) is 12.1 Å². The molecule has 0 radical (unpaired) electrons. The van der Waals surface area contributed by atoms with Crippen molar-refractivity contribution in [3.8, 4) is 5.75 Å². The van der Waals surface area contributed by atoms with Gasteiger partial charge in [-0.15, -0.1) is 25.6 Å². The van der Waals surface area contributed by atoms with Crippen molar-refractivity contribution in [3.05, 3.63) is 29.8 Å². The Morgan fingerprint density at radius 1 is 1.24 bits per heavy atom. The Balaban J connectivity index is 0.00000400. The standard InChI is InChI=1S/C13H17F3N2O2.ClH/c1-12(2,17)8-18-11(19)7-9-3-5-10(6-4-9)20-13(14,15)16;/h3-6H,7-8,17H2,1-2H3,(H,18,19);1H. The van der Waals surface area contributed by atoms with Gasteiger partial charge in [-0.3, -0.25) is 4.79 Å². The Morgan fingerprint density at radius 2 is 1.76 bits per heavy atom. The smallest absolute Gasteiger partial charge is 0.406 e. The Morgan fingerprint density at radius 3 is 2.19 bits per heavy atom. The van der Waals surface area contributed by atoms with Crippen LogP contribution in [0.25, 0.3) is 0 Å². The summed E-state index contributed by atoms with van der Waals surface area (Å²) in [6.45, 7) is 3.87. The number of rotatable bonds is 5. The summed E-state index contributed by atoms with van der Waals surface area (Å²) in [5, 5.41) is 2.65. The largest absolute Gasteiger partial charge is 0.573 e. The molecule has 0 aliphatic heterocycles. The maximum absolute atomic E-state index is 12.0. The second-order valence-corrected chi connectivity index (χ2v) is 5.13. The molecule has 1 aromatic carbocycles. The van der Waals surface area contributed by atoms with Crippen LogP contribution in [0.3, 0.4) is 0 Å². The summed E-state index contributed by atoms with van der Waals surface area (Å²) in [6, 6.07) is 5.16. The Kier molecular flexibility index (Phi) is 6.99. The molecule has 8 heteroatoms. The van der Waals surface area contributed by atoms with Gasteiger partial charge in [0.05, 0.1) is 6.42 Å². The molecule has 0 aliphatic carbocycles. The number of benzene rings is 1. The van der Waals surface area contributed by atoms with Gasteiger partial charge in [0.2, 0.25) is 5.91 Å². The molecule has 0 heterocycles. The monoisotopic (exact) mass is 326 g/mol. The molecule has 21 heavy (non-hydrogen) atoms. The summed E-state index contributed by atoms with van der Waals surface area (Å²) >= 11 is 0. The molecule has 0 aliphatic rings. The number of nitrogens with two attached hydrogens (primary N) is 1. The Hall–Kier alpha value is -1.47. The second kappa shape index (κ2) is 7.51. The maximum Gasteiger partial charge on any atom is 0.573 e. The van der Waals surface area contributed by atoms with Crippen molar-refractivity contribution in [3.63, 3.8) is 0 Å². The Labute approximate surface area is 127 Å². The number of carbonyl (C=O) groups is 1. The zero-order valence-corrected chi connectivity index (χ0v) is 12.5. The highest BCUT2D eigenvalue weighted by molar-refractivity contribution is 5.85. The average molecular weight is 327 g/mol. The summed E-state index contributed by atoms with van der Waals surface area (Å²) < 4.78 is 39.6. The molecule has 3 N–H and O–H groups in total. The van der Waals surface area contributed by atoms with Crippen LogP contribution in [0.5, 0.6) is 5.75 Å². The molecule has 0 bridgehead atoms. The molecule has 0 aromatic heterocycles. The summed E-state index contributed by atoms with van der Waals surface area (Å²) in [5.74, 6) is -0.558. The molecule has 0 saturated heterocycles. The van der Waals surface area contributed by atoms with E-state index in [1.54, 1.807) is 13.8 Å². The van der Waals surface area contributed by atoms with Crippen LogP contribution in [0.4, 0.5) is 13.2 Å². The molecule has 4 nitrogen and oxygen atoms in total. The molecular formula is C13H18ClF3N2O2. The number of hydrogen-bond acceptors (Lipinski definition) is 3. The molecule has 1 aromatic rings. The van der Waals surface area contributed by atoms with Crippen molar-refractivity contribution in [2.45, 2.75) is 32.2 Å². The van der Waals surface area contributed by atoms with Crippen LogP contribution in [0.1, 0.15) is 19.4 Å². The van der Waals surface area contributed by atoms with Crippen molar-refractivity contribution in [2.75, 3.05) is 6.54 Å². The van der Waals surface area contributed by atoms with Gasteiger partial charge in [-0.25, -0.2) is 0 Å². The number of halogens is 4. The average Bonchev–Trinajstić information content (AvgIpc) is 2.26. The van der Waals surface area contributed by atoms with Gasteiger partial charge >= 0.3 is 6.36 Å². The quantitative estimate of drug-likeness (QED) is 0.873. The van der Waals surface area contributed by atoms with Crippen LogP contribution >= 0.6 is 12.4 Å². The lowest BCUT2D eigenvalue weighted by molar-refractivity contribution is -0.274. The summed E-state index contributed by atoms with van der Waals surface area (Å²) in [6.07, 6.45) is -4.64. The fraction of sp³-hybridized carbons (Fsp3) is 0.462. The normalized spacial score (nSPS) is 11.5. The lowest BCUT2D eigenvalue weighted by atomic mass is 10.1. The molecular weight excluding hydrogens is 309 g/mol. The van der Waals surface area contributed by atoms with E-state index in [1.165, 1.54) is 24.3 Å². The van der Waals surface area contributed by atoms with E-state index in [2.05, 4.69) is 10.1 Å². The van der Waals surface area contributed by atoms with E-state index in [0.29, 0.717) is 12.1 Å². The highest BCUT2D eigenvalue weighted by Gasteiger charge is 2.30. The van der Waals surface area contributed by atoms with Crippen molar-refractivity contribution in [1.82, 2.24) is 5.32 Å². The van der Waals surface area contributed by atoms with E-state index in [0.717, 1.165) is 0 Å². The molecule has 1 amide bonds. The predicted molar refractivity (Wildman–Crippen MR) is 75.4 cm³/mol. The third-order valence-corrected chi connectivity index (χ3v) is 2.26. The van der Waals surface area contributed by atoms with Crippen molar-refractivity contribution >= 4 is 18.3 Å².